The molecule has 3 nitrogen and oxygen atoms in total. The zero-order valence-corrected chi connectivity index (χ0v) is 13.3. The van der Waals surface area contributed by atoms with E-state index in [0.717, 1.165) is 18.4 Å². The van der Waals surface area contributed by atoms with Gasteiger partial charge >= 0.3 is 5.97 Å². The Balaban J connectivity index is 2.44. The van der Waals surface area contributed by atoms with Crippen molar-refractivity contribution in [2.45, 2.75) is 59.0 Å². The Hall–Kier alpha value is -1.77. The van der Waals surface area contributed by atoms with Crippen molar-refractivity contribution in [2.24, 2.45) is 0 Å². The number of unbranched alkanes of at least 4 members (excludes halogenated alkanes) is 3. The van der Waals surface area contributed by atoms with Crippen LogP contribution in [0.15, 0.2) is 29.8 Å². The third-order valence-corrected chi connectivity index (χ3v) is 3.37. The fraction of sp³-hybridized carbons (Fsp3) is 0.500. The van der Waals surface area contributed by atoms with Gasteiger partial charge in [0.2, 0.25) is 0 Å². The molecule has 0 spiro atoms. The van der Waals surface area contributed by atoms with E-state index in [9.17, 15) is 9.90 Å². The molecule has 0 saturated carbocycles. The minimum absolute atomic E-state index is 0.0440. The highest BCUT2D eigenvalue weighted by Gasteiger charge is 2.11. The molecule has 0 bridgehead atoms. The van der Waals surface area contributed by atoms with Gasteiger partial charge in [0.25, 0.3) is 0 Å². The number of hydrogen-bond acceptors (Lipinski definition) is 3. The summed E-state index contributed by atoms with van der Waals surface area (Å²) >= 11 is 0. The average molecular weight is 290 g/mol. The van der Waals surface area contributed by atoms with Crippen molar-refractivity contribution in [1.29, 1.82) is 0 Å². The number of hydrogen-bond donors (Lipinski definition) is 1. The van der Waals surface area contributed by atoms with Crippen LogP contribution in [0.3, 0.4) is 0 Å². The number of rotatable bonds is 8. The van der Waals surface area contributed by atoms with Gasteiger partial charge in [0.05, 0.1) is 6.10 Å². The van der Waals surface area contributed by atoms with Gasteiger partial charge in [-0.1, -0.05) is 38.3 Å². The minimum Gasteiger partial charge on any atom is -0.508 e. The summed E-state index contributed by atoms with van der Waals surface area (Å²) in [6, 6.07) is 6.72. The standard InChI is InChI=1S/C18H26O3/c1-4-5-6-7-8-15(3)21-18(20)14(2)13-16-9-11-17(19)12-10-16/h9-13,15,19H,4-8H2,1-3H3. The zero-order valence-electron chi connectivity index (χ0n) is 13.3. The Labute approximate surface area is 127 Å². The molecular formula is C18H26O3. The minimum atomic E-state index is -0.272. The van der Waals surface area contributed by atoms with Gasteiger partial charge in [-0.05, 0) is 50.5 Å². The van der Waals surface area contributed by atoms with Gasteiger partial charge in [-0.3, -0.25) is 0 Å². The molecule has 0 fully saturated rings. The maximum atomic E-state index is 12.0. The molecule has 1 N–H and O–H groups in total. The predicted octanol–water partition coefficient (Wildman–Crippen LogP) is 4.70. The molecule has 116 valence electrons. The van der Waals surface area contributed by atoms with Crippen LogP contribution in [-0.2, 0) is 9.53 Å². The molecule has 0 saturated heterocycles. The summed E-state index contributed by atoms with van der Waals surface area (Å²) in [7, 11) is 0. The third kappa shape index (κ3) is 6.98. The van der Waals surface area contributed by atoms with Gasteiger partial charge in [-0.25, -0.2) is 4.79 Å². The van der Waals surface area contributed by atoms with Crippen molar-refractivity contribution in [3.05, 3.63) is 35.4 Å². The predicted molar refractivity (Wildman–Crippen MR) is 86.1 cm³/mol. The van der Waals surface area contributed by atoms with Crippen LogP contribution < -0.4 is 0 Å². The Bertz CT molecular complexity index is 460. The van der Waals surface area contributed by atoms with E-state index in [1.165, 1.54) is 19.3 Å². The van der Waals surface area contributed by atoms with E-state index in [1.807, 2.05) is 6.92 Å². The molecule has 0 aliphatic carbocycles. The van der Waals surface area contributed by atoms with Crippen molar-refractivity contribution in [3.63, 3.8) is 0 Å². The lowest BCUT2D eigenvalue weighted by Gasteiger charge is -2.13. The van der Waals surface area contributed by atoms with E-state index in [1.54, 1.807) is 37.3 Å². The van der Waals surface area contributed by atoms with Crippen LogP contribution in [0.5, 0.6) is 5.75 Å². The number of phenolic OH excluding ortho intramolecular Hbond substituents is 1. The van der Waals surface area contributed by atoms with Gasteiger partial charge < -0.3 is 9.84 Å². The number of carbonyl (C=O) groups excluding carboxylic acids is 1. The summed E-state index contributed by atoms with van der Waals surface area (Å²) in [6.45, 7) is 5.87. The van der Waals surface area contributed by atoms with Crippen LogP contribution in [0.2, 0.25) is 0 Å². The first-order valence-electron chi connectivity index (χ1n) is 7.71. The van der Waals surface area contributed by atoms with Crippen LogP contribution in [0.25, 0.3) is 6.08 Å². The fourth-order valence-electron chi connectivity index (χ4n) is 2.07. The van der Waals surface area contributed by atoms with Crippen molar-refractivity contribution >= 4 is 12.0 Å². The summed E-state index contributed by atoms with van der Waals surface area (Å²) in [5.41, 5.74) is 1.44. The van der Waals surface area contributed by atoms with Gasteiger partial charge in [0.15, 0.2) is 0 Å². The van der Waals surface area contributed by atoms with E-state index in [2.05, 4.69) is 6.92 Å². The third-order valence-electron chi connectivity index (χ3n) is 3.37. The molecule has 0 radical (unpaired) electrons. The quantitative estimate of drug-likeness (QED) is 0.429. The second-order valence-corrected chi connectivity index (χ2v) is 5.48. The molecule has 1 unspecified atom stereocenters. The van der Waals surface area contributed by atoms with Crippen molar-refractivity contribution in [1.82, 2.24) is 0 Å². The van der Waals surface area contributed by atoms with E-state index in [-0.39, 0.29) is 17.8 Å². The van der Waals surface area contributed by atoms with E-state index in [4.69, 9.17) is 4.74 Å². The molecule has 1 aromatic carbocycles. The molecule has 3 heteroatoms. The number of phenols is 1. The summed E-state index contributed by atoms with van der Waals surface area (Å²) in [5, 5.41) is 9.23. The lowest BCUT2D eigenvalue weighted by atomic mass is 10.1. The fourth-order valence-corrected chi connectivity index (χ4v) is 2.07. The maximum absolute atomic E-state index is 12.0. The molecule has 1 rings (SSSR count). The van der Waals surface area contributed by atoms with Crippen LogP contribution in [0.1, 0.15) is 58.4 Å². The topological polar surface area (TPSA) is 46.5 Å². The van der Waals surface area contributed by atoms with Crippen LogP contribution >= 0.6 is 0 Å². The number of ether oxygens (including phenoxy) is 1. The molecule has 0 aliphatic rings. The normalized spacial score (nSPS) is 13.0. The van der Waals surface area contributed by atoms with Gasteiger partial charge in [-0.15, -0.1) is 0 Å². The molecule has 0 aliphatic heterocycles. The SMILES string of the molecule is CCCCCCC(C)OC(=O)C(C)=Cc1ccc(O)cc1. The Morgan fingerprint density at radius 3 is 2.52 bits per heavy atom. The second-order valence-electron chi connectivity index (χ2n) is 5.48. The molecule has 21 heavy (non-hydrogen) atoms. The van der Waals surface area contributed by atoms with Gasteiger partial charge in [0, 0.05) is 5.57 Å². The molecule has 1 aromatic rings. The molecule has 0 amide bonds. The van der Waals surface area contributed by atoms with Crippen LogP contribution in [0, 0.1) is 0 Å². The van der Waals surface area contributed by atoms with Crippen molar-refractivity contribution in [2.75, 3.05) is 0 Å². The van der Waals surface area contributed by atoms with Gasteiger partial charge in [-0.2, -0.15) is 0 Å². The van der Waals surface area contributed by atoms with E-state index >= 15 is 0 Å². The molecule has 0 aromatic heterocycles. The first-order chi connectivity index (χ1) is 10.0. The highest BCUT2D eigenvalue weighted by atomic mass is 16.5. The largest absolute Gasteiger partial charge is 0.508 e. The number of benzene rings is 1. The first kappa shape index (κ1) is 17.3. The smallest absolute Gasteiger partial charge is 0.333 e. The summed E-state index contributed by atoms with van der Waals surface area (Å²) in [4.78, 5) is 12.0. The molecule has 1 atom stereocenters. The van der Waals surface area contributed by atoms with Crippen molar-refractivity contribution in [3.8, 4) is 5.75 Å². The summed E-state index contributed by atoms with van der Waals surface area (Å²) in [6.07, 6.45) is 7.38. The zero-order chi connectivity index (χ0) is 15.7. The highest BCUT2D eigenvalue weighted by Crippen LogP contribution is 2.14. The van der Waals surface area contributed by atoms with Crippen molar-refractivity contribution < 1.29 is 14.6 Å². The Morgan fingerprint density at radius 1 is 1.24 bits per heavy atom. The Morgan fingerprint density at radius 2 is 1.90 bits per heavy atom. The Kier molecular flexibility index (Phi) is 7.59. The average Bonchev–Trinajstić information content (AvgIpc) is 2.46. The molecular weight excluding hydrogens is 264 g/mol. The van der Waals surface area contributed by atoms with Crippen LogP contribution in [-0.4, -0.2) is 17.2 Å². The number of carbonyl (C=O) groups is 1. The van der Waals surface area contributed by atoms with Crippen LogP contribution in [0.4, 0.5) is 0 Å². The first-order valence-corrected chi connectivity index (χ1v) is 7.71. The molecule has 0 heterocycles. The van der Waals surface area contributed by atoms with E-state index < -0.39 is 0 Å². The second kappa shape index (κ2) is 9.22. The van der Waals surface area contributed by atoms with E-state index in [0.29, 0.717) is 5.57 Å². The van der Waals surface area contributed by atoms with Gasteiger partial charge in [0.1, 0.15) is 5.75 Å². The summed E-state index contributed by atoms with van der Waals surface area (Å²) in [5.74, 6) is -0.0563. The lowest BCUT2D eigenvalue weighted by molar-refractivity contribution is -0.143. The number of esters is 1. The lowest BCUT2D eigenvalue weighted by Crippen LogP contribution is -2.15. The summed E-state index contributed by atoms with van der Waals surface area (Å²) < 4.78 is 5.43. The maximum Gasteiger partial charge on any atom is 0.333 e. The monoisotopic (exact) mass is 290 g/mol. The highest BCUT2D eigenvalue weighted by molar-refractivity contribution is 5.93. The number of aromatic hydroxyl groups is 1.